The average Bonchev–Trinajstić information content (AvgIpc) is 2.83. The van der Waals surface area contributed by atoms with Gasteiger partial charge < -0.3 is 9.47 Å². The van der Waals surface area contributed by atoms with Crippen molar-refractivity contribution in [1.82, 2.24) is 9.97 Å². The van der Waals surface area contributed by atoms with E-state index in [9.17, 15) is 9.59 Å². The van der Waals surface area contributed by atoms with Gasteiger partial charge in [-0.15, -0.1) is 22.7 Å². The number of carbonyl (C=O) groups is 2. The molecule has 2 heterocycles. The highest BCUT2D eigenvalue weighted by Gasteiger charge is 2.18. The van der Waals surface area contributed by atoms with Crippen LogP contribution in [0.5, 0.6) is 11.8 Å². The Morgan fingerprint density at radius 2 is 1.20 bits per heavy atom. The number of hydrogen-bond acceptors (Lipinski definition) is 8. The Balaban J connectivity index is 2.32. The van der Waals surface area contributed by atoms with Crippen molar-refractivity contribution in [2.45, 2.75) is 27.7 Å². The van der Waals surface area contributed by atoms with Gasteiger partial charge in [0.05, 0.1) is 9.75 Å². The lowest BCUT2D eigenvalue weighted by atomic mass is 10.6. The van der Waals surface area contributed by atoms with Gasteiger partial charge >= 0.3 is 11.9 Å². The summed E-state index contributed by atoms with van der Waals surface area (Å²) < 4.78 is 10.0. The first kappa shape index (κ1) is 14.6. The zero-order chi connectivity index (χ0) is 14.9. The van der Waals surface area contributed by atoms with Crippen molar-refractivity contribution in [3.8, 4) is 21.8 Å². The van der Waals surface area contributed by atoms with Gasteiger partial charge in [0.2, 0.25) is 11.8 Å². The van der Waals surface area contributed by atoms with E-state index in [1.54, 1.807) is 0 Å². The molecule has 106 valence electrons. The molecule has 0 N–H and O–H groups in total. The van der Waals surface area contributed by atoms with Gasteiger partial charge in [-0.1, -0.05) is 0 Å². The van der Waals surface area contributed by atoms with E-state index >= 15 is 0 Å². The highest BCUT2D eigenvalue weighted by Crippen LogP contribution is 2.37. The van der Waals surface area contributed by atoms with E-state index < -0.39 is 11.9 Å². The molecule has 0 atom stereocenters. The molecule has 8 heteroatoms. The first-order valence-corrected chi connectivity index (χ1v) is 7.32. The molecular formula is C12H12N2O4S2. The fraction of sp³-hybridized carbons (Fsp3) is 0.333. The minimum atomic E-state index is -0.416. The smallest absolute Gasteiger partial charge is 0.309 e. The van der Waals surface area contributed by atoms with Gasteiger partial charge in [0.25, 0.3) is 0 Å². The number of hydrogen-bond donors (Lipinski definition) is 0. The van der Waals surface area contributed by atoms with Crippen molar-refractivity contribution in [3.05, 3.63) is 9.75 Å². The number of nitrogens with zero attached hydrogens (tertiary/aromatic N) is 2. The van der Waals surface area contributed by atoms with Crippen molar-refractivity contribution < 1.29 is 19.1 Å². The Morgan fingerprint density at radius 3 is 1.50 bits per heavy atom. The largest absolute Gasteiger partial charge is 0.406 e. The van der Waals surface area contributed by atoms with E-state index in [2.05, 4.69) is 9.97 Å². The van der Waals surface area contributed by atoms with Crippen molar-refractivity contribution in [2.75, 3.05) is 0 Å². The third-order valence-electron chi connectivity index (χ3n) is 2.17. The highest BCUT2D eigenvalue weighted by atomic mass is 32.1. The van der Waals surface area contributed by atoms with Crippen LogP contribution in [0.25, 0.3) is 10.0 Å². The van der Waals surface area contributed by atoms with Gasteiger partial charge in [-0.25, -0.2) is 0 Å². The summed E-state index contributed by atoms with van der Waals surface area (Å²) in [4.78, 5) is 32.0. The molecule has 0 saturated heterocycles. The second-order valence-electron chi connectivity index (χ2n) is 3.95. The van der Waals surface area contributed by atoms with Crippen molar-refractivity contribution in [2.24, 2.45) is 0 Å². The molecule has 0 fully saturated rings. The fourth-order valence-corrected chi connectivity index (χ4v) is 3.11. The molecule has 6 nitrogen and oxygen atoms in total. The van der Waals surface area contributed by atoms with Gasteiger partial charge in [0, 0.05) is 13.8 Å². The maximum atomic E-state index is 11.0. The summed E-state index contributed by atoms with van der Waals surface area (Å²) >= 11 is 2.74. The maximum Gasteiger partial charge on any atom is 0.309 e. The van der Waals surface area contributed by atoms with Gasteiger partial charge in [0.15, 0.2) is 10.0 Å². The average molecular weight is 312 g/mol. The topological polar surface area (TPSA) is 78.4 Å². The second-order valence-corrected chi connectivity index (χ2v) is 6.35. The van der Waals surface area contributed by atoms with E-state index in [4.69, 9.17) is 9.47 Å². The van der Waals surface area contributed by atoms with E-state index in [-0.39, 0.29) is 0 Å². The lowest BCUT2D eigenvalue weighted by molar-refractivity contribution is -0.133. The lowest BCUT2D eigenvalue weighted by Crippen LogP contribution is -2.02. The van der Waals surface area contributed by atoms with Crippen LogP contribution in [0.2, 0.25) is 0 Å². The molecule has 0 aliphatic heterocycles. The third kappa shape index (κ3) is 3.20. The Kier molecular flexibility index (Phi) is 4.15. The van der Waals surface area contributed by atoms with Crippen LogP contribution in [0.15, 0.2) is 0 Å². The monoisotopic (exact) mass is 312 g/mol. The van der Waals surface area contributed by atoms with Crippen LogP contribution in [0.1, 0.15) is 23.6 Å². The zero-order valence-electron chi connectivity index (χ0n) is 11.3. The Morgan fingerprint density at radius 1 is 0.850 bits per heavy atom. The second kappa shape index (κ2) is 5.68. The van der Waals surface area contributed by atoms with Crippen LogP contribution < -0.4 is 9.47 Å². The van der Waals surface area contributed by atoms with Gasteiger partial charge in [-0.2, -0.15) is 9.97 Å². The van der Waals surface area contributed by atoms with Crippen molar-refractivity contribution in [1.29, 1.82) is 0 Å². The number of rotatable bonds is 3. The molecule has 0 aromatic carbocycles. The molecule has 0 spiro atoms. The molecule has 20 heavy (non-hydrogen) atoms. The van der Waals surface area contributed by atoms with Crippen molar-refractivity contribution >= 4 is 34.6 Å². The standard InChI is InChI=1S/C12H12N2O4S2/c1-5-9(17-7(3)15)13-11(19-5)12-14-10(6(2)20-12)18-8(4)16/h1-4H3. The maximum absolute atomic E-state index is 11.0. The minimum absolute atomic E-state index is 0.291. The van der Waals surface area contributed by atoms with E-state index in [0.29, 0.717) is 21.8 Å². The Labute approximate surface area is 123 Å². The zero-order valence-corrected chi connectivity index (χ0v) is 13.0. The molecule has 0 aliphatic carbocycles. The molecule has 0 saturated carbocycles. The summed E-state index contributed by atoms with van der Waals surface area (Å²) in [6, 6.07) is 0. The molecule has 0 amide bonds. The molecule has 0 unspecified atom stereocenters. The molecular weight excluding hydrogens is 300 g/mol. The highest BCUT2D eigenvalue weighted by molar-refractivity contribution is 7.21. The molecule has 2 aromatic rings. The molecule has 0 radical (unpaired) electrons. The minimum Gasteiger partial charge on any atom is -0.406 e. The summed E-state index contributed by atoms with van der Waals surface area (Å²) in [5, 5.41) is 1.26. The Hall–Kier alpha value is -1.80. The predicted octanol–water partition coefficient (Wildman–Crippen LogP) is 2.73. The lowest BCUT2D eigenvalue weighted by Gasteiger charge is -1.95. The summed E-state index contributed by atoms with van der Waals surface area (Å²) in [7, 11) is 0. The summed E-state index contributed by atoms with van der Waals surface area (Å²) in [5.74, 6) is -0.250. The van der Waals surface area contributed by atoms with Gasteiger partial charge in [0.1, 0.15) is 0 Å². The first-order chi connectivity index (χ1) is 9.36. The Bertz CT molecular complexity index is 617. The normalized spacial score (nSPS) is 10.4. The van der Waals surface area contributed by atoms with Gasteiger partial charge in [-0.05, 0) is 13.8 Å². The van der Waals surface area contributed by atoms with Crippen LogP contribution in [0, 0.1) is 13.8 Å². The van der Waals surface area contributed by atoms with E-state index in [1.165, 1.54) is 36.5 Å². The van der Waals surface area contributed by atoms with E-state index in [1.807, 2.05) is 13.8 Å². The van der Waals surface area contributed by atoms with Crippen LogP contribution in [-0.4, -0.2) is 21.9 Å². The van der Waals surface area contributed by atoms with Crippen LogP contribution in [0.3, 0.4) is 0 Å². The number of aromatic nitrogens is 2. The van der Waals surface area contributed by atoms with E-state index in [0.717, 1.165) is 9.75 Å². The number of esters is 2. The third-order valence-corrected chi connectivity index (χ3v) is 4.22. The van der Waals surface area contributed by atoms with Crippen LogP contribution in [-0.2, 0) is 9.59 Å². The van der Waals surface area contributed by atoms with Gasteiger partial charge in [-0.3, -0.25) is 9.59 Å². The van der Waals surface area contributed by atoms with Crippen molar-refractivity contribution in [3.63, 3.8) is 0 Å². The number of carbonyl (C=O) groups excluding carboxylic acids is 2. The number of ether oxygens (including phenoxy) is 2. The predicted molar refractivity (Wildman–Crippen MR) is 75.3 cm³/mol. The summed E-state index contributed by atoms with van der Waals surface area (Å²) in [6.45, 7) is 6.27. The quantitative estimate of drug-likeness (QED) is 0.811. The van der Waals surface area contributed by atoms with Crippen LogP contribution in [0.4, 0.5) is 0 Å². The number of aryl methyl sites for hydroxylation is 2. The fourth-order valence-electron chi connectivity index (χ4n) is 1.41. The molecule has 0 aliphatic rings. The van der Waals surface area contributed by atoms with Crippen LogP contribution >= 0.6 is 22.7 Å². The first-order valence-electron chi connectivity index (χ1n) is 5.69. The summed E-state index contributed by atoms with van der Waals surface area (Å²) in [5.41, 5.74) is 0. The summed E-state index contributed by atoms with van der Waals surface area (Å²) in [6.07, 6.45) is 0. The molecule has 2 aromatic heterocycles. The number of thiazole rings is 2. The molecule has 0 bridgehead atoms. The molecule has 2 rings (SSSR count). The SMILES string of the molecule is CC(=O)Oc1nc(-c2nc(OC(C)=O)c(C)s2)sc1C.